The molecule has 2 N–H and O–H groups in total. The zero-order chi connectivity index (χ0) is 21.2. The van der Waals surface area contributed by atoms with Crippen molar-refractivity contribution in [2.45, 2.75) is 39.5 Å². The number of aliphatic carboxylic acids is 1. The Balaban J connectivity index is 2.12. The number of aromatic nitrogens is 1. The van der Waals surface area contributed by atoms with E-state index in [2.05, 4.69) is 17.2 Å². The van der Waals surface area contributed by atoms with Gasteiger partial charge in [-0.3, -0.25) is 4.90 Å². The van der Waals surface area contributed by atoms with Crippen molar-refractivity contribution in [2.75, 3.05) is 18.5 Å². The molecule has 6 nitrogen and oxygen atoms in total. The van der Waals surface area contributed by atoms with Gasteiger partial charge < -0.3 is 10.4 Å². The van der Waals surface area contributed by atoms with Gasteiger partial charge >= 0.3 is 12.0 Å². The Morgan fingerprint density at radius 1 is 1.10 bits per heavy atom. The fraction of sp³-hybridized carbons (Fsp3) is 0.348. The summed E-state index contributed by atoms with van der Waals surface area (Å²) in [5.74, 6) is -0.333. The quantitative estimate of drug-likeness (QED) is 0.464. The lowest BCUT2D eigenvalue weighted by Gasteiger charge is -2.18. The average Bonchev–Trinajstić information content (AvgIpc) is 2.74. The standard InChI is InChI=1S/C23H29N3O3/c1-4-6-7-15-24-23(29)26(3)21-10-8-9-20(25-21)19-13-11-17(12-14-19)16-18(5-2)22(27)28/h8-14,16H,4-7,15H2,1-3H3,(H,24,29)(H,27,28)/b18-16-. The van der Waals surface area contributed by atoms with E-state index in [1.807, 2.05) is 43.3 Å². The van der Waals surface area contributed by atoms with Crippen LogP contribution in [-0.4, -0.2) is 35.7 Å². The van der Waals surface area contributed by atoms with Crippen LogP contribution in [0, 0.1) is 0 Å². The SMILES string of the molecule is CCCCCNC(=O)N(C)c1cccc(-c2ccc(/C=C(/CC)C(=O)O)cc2)n1. The van der Waals surface area contributed by atoms with Crippen molar-refractivity contribution in [3.05, 3.63) is 53.6 Å². The fourth-order valence-corrected chi connectivity index (χ4v) is 2.83. The maximum Gasteiger partial charge on any atom is 0.331 e. The number of nitrogens with zero attached hydrogens (tertiary/aromatic N) is 2. The van der Waals surface area contributed by atoms with Crippen molar-refractivity contribution in [3.8, 4) is 11.3 Å². The van der Waals surface area contributed by atoms with Crippen LogP contribution in [0.4, 0.5) is 10.6 Å². The molecule has 0 aliphatic rings. The van der Waals surface area contributed by atoms with Gasteiger partial charge in [-0.2, -0.15) is 0 Å². The number of benzene rings is 1. The first-order valence-electron chi connectivity index (χ1n) is 9.99. The van der Waals surface area contributed by atoms with Gasteiger partial charge in [-0.1, -0.05) is 57.0 Å². The van der Waals surface area contributed by atoms with Gasteiger partial charge in [0, 0.05) is 24.7 Å². The minimum absolute atomic E-state index is 0.174. The van der Waals surface area contributed by atoms with Crippen LogP contribution in [0.25, 0.3) is 17.3 Å². The molecule has 0 saturated carbocycles. The molecule has 0 saturated heterocycles. The molecule has 154 valence electrons. The summed E-state index contributed by atoms with van der Waals surface area (Å²) in [6, 6.07) is 12.9. The van der Waals surface area contributed by atoms with Gasteiger partial charge in [-0.15, -0.1) is 0 Å². The molecule has 6 heteroatoms. The summed E-state index contributed by atoms with van der Waals surface area (Å²) in [5.41, 5.74) is 2.84. The Kier molecular flexibility index (Phi) is 8.40. The Labute approximate surface area is 172 Å². The van der Waals surface area contributed by atoms with Gasteiger partial charge in [0.2, 0.25) is 0 Å². The maximum absolute atomic E-state index is 12.3. The summed E-state index contributed by atoms with van der Waals surface area (Å²) in [5, 5.41) is 12.1. The molecule has 1 heterocycles. The number of hydrogen-bond acceptors (Lipinski definition) is 3. The molecule has 1 aromatic carbocycles. The van der Waals surface area contributed by atoms with E-state index in [1.54, 1.807) is 19.2 Å². The third kappa shape index (κ3) is 6.45. The topological polar surface area (TPSA) is 82.5 Å². The average molecular weight is 396 g/mol. The minimum atomic E-state index is -0.901. The van der Waals surface area contributed by atoms with Gasteiger partial charge in [0.15, 0.2) is 0 Å². The third-order valence-corrected chi connectivity index (χ3v) is 4.64. The van der Waals surface area contributed by atoms with Crippen molar-refractivity contribution in [1.82, 2.24) is 10.3 Å². The van der Waals surface area contributed by atoms with Crippen LogP contribution in [0.5, 0.6) is 0 Å². The summed E-state index contributed by atoms with van der Waals surface area (Å²) in [4.78, 5) is 29.6. The Morgan fingerprint density at radius 3 is 2.45 bits per heavy atom. The molecule has 2 rings (SSSR count). The van der Waals surface area contributed by atoms with E-state index in [4.69, 9.17) is 5.11 Å². The zero-order valence-corrected chi connectivity index (χ0v) is 17.3. The number of carboxylic acids is 1. The normalized spacial score (nSPS) is 11.2. The zero-order valence-electron chi connectivity index (χ0n) is 17.3. The highest BCUT2D eigenvalue weighted by Gasteiger charge is 2.12. The number of urea groups is 1. The van der Waals surface area contributed by atoms with E-state index >= 15 is 0 Å². The Bertz CT molecular complexity index is 860. The molecule has 2 amide bonds. The van der Waals surface area contributed by atoms with Gasteiger partial charge in [-0.25, -0.2) is 14.6 Å². The van der Waals surface area contributed by atoms with Crippen LogP contribution >= 0.6 is 0 Å². The molecule has 1 aromatic heterocycles. The molecule has 0 radical (unpaired) electrons. The van der Waals surface area contributed by atoms with E-state index < -0.39 is 5.97 Å². The number of unbranched alkanes of at least 4 members (excludes halogenated alkanes) is 2. The molecule has 0 aliphatic heterocycles. The number of hydrogen-bond donors (Lipinski definition) is 2. The van der Waals surface area contributed by atoms with Gasteiger partial charge in [-0.05, 0) is 36.6 Å². The van der Waals surface area contributed by atoms with Crippen molar-refractivity contribution in [3.63, 3.8) is 0 Å². The highest BCUT2D eigenvalue weighted by Crippen LogP contribution is 2.22. The number of amides is 2. The maximum atomic E-state index is 12.3. The second kappa shape index (κ2) is 11.0. The lowest BCUT2D eigenvalue weighted by Crippen LogP contribution is -2.38. The summed E-state index contributed by atoms with van der Waals surface area (Å²) >= 11 is 0. The van der Waals surface area contributed by atoms with Crippen molar-refractivity contribution >= 4 is 23.9 Å². The Morgan fingerprint density at radius 2 is 1.83 bits per heavy atom. The van der Waals surface area contributed by atoms with E-state index in [-0.39, 0.29) is 6.03 Å². The van der Waals surface area contributed by atoms with Crippen LogP contribution in [0.1, 0.15) is 45.1 Å². The number of carbonyl (C=O) groups is 2. The predicted molar refractivity (Wildman–Crippen MR) is 117 cm³/mol. The van der Waals surface area contributed by atoms with Crippen LogP contribution in [0.2, 0.25) is 0 Å². The van der Waals surface area contributed by atoms with E-state index in [9.17, 15) is 9.59 Å². The van der Waals surface area contributed by atoms with Crippen LogP contribution in [-0.2, 0) is 4.79 Å². The number of carbonyl (C=O) groups excluding carboxylic acids is 1. The van der Waals surface area contributed by atoms with Gasteiger partial charge in [0.05, 0.1) is 5.69 Å². The second-order valence-electron chi connectivity index (χ2n) is 6.83. The van der Waals surface area contributed by atoms with Crippen molar-refractivity contribution in [1.29, 1.82) is 0 Å². The molecule has 0 spiro atoms. The van der Waals surface area contributed by atoms with Crippen molar-refractivity contribution in [2.24, 2.45) is 0 Å². The molecular formula is C23H29N3O3. The molecular weight excluding hydrogens is 366 g/mol. The highest BCUT2D eigenvalue weighted by atomic mass is 16.4. The lowest BCUT2D eigenvalue weighted by atomic mass is 10.1. The van der Waals surface area contributed by atoms with Crippen LogP contribution in [0.15, 0.2) is 48.0 Å². The second-order valence-corrected chi connectivity index (χ2v) is 6.83. The minimum Gasteiger partial charge on any atom is -0.478 e. The lowest BCUT2D eigenvalue weighted by molar-refractivity contribution is -0.132. The first kappa shape index (κ1) is 22.1. The predicted octanol–water partition coefficient (Wildman–Crippen LogP) is 4.96. The summed E-state index contributed by atoms with van der Waals surface area (Å²) in [6.07, 6.45) is 5.31. The molecule has 0 fully saturated rings. The summed E-state index contributed by atoms with van der Waals surface area (Å²) < 4.78 is 0. The molecule has 0 bridgehead atoms. The highest BCUT2D eigenvalue weighted by molar-refractivity contribution is 5.92. The molecule has 0 atom stereocenters. The van der Waals surface area contributed by atoms with Crippen LogP contribution < -0.4 is 10.2 Å². The van der Waals surface area contributed by atoms with E-state index in [1.165, 1.54) is 4.90 Å². The molecule has 2 aromatic rings. The fourth-order valence-electron chi connectivity index (χ4n) is 2.83. The number of carboxylic acid groups (broad SMARTS) is 1. The van der Waals surface area contributed by atoms with E-state index in [0.717, 1.165) is 36.1 Å². The monoisotopic (exact) mass is 395 g/mol. The number of nitrogens with one attached hydrogen (secondary N) is 1. The molecule has 0 unspecified atom stereocenters. The molecule has 0 aliphatic carbocycles. The van der Waals surface area contributed by atoms with E-state index in [0.29, 0.717) is 24.4 Å². The first-order valence-corrected chi connectivity index (χ1v) is 9.99. The molecule has 29 heavy (non-hydrogen) atoms. The van der Waals surface area contributed by atoms with Gasteiger partial charge in [0.25, 0.3) is 0 Å². The Hall–Kier alpha value is -3.15. The third-order valence-electron chi connectivity index (χ3n) is 4.64. The number of pyridine rings is 1. The van der Waals surface area contributed by atoms with Crippen molar-refractivity contribution < 1.29 is 14.7 Å². The number of anilines is 1. The smallest absolute Gasteiger partial charge is 0.331 e. The largest absolute Gasteiger partial charge is 0.478 e. The summed E-state index contributed by atoms with van der Waals surface area (Å²) in [7, 11) is 1.70. The van der Waals surface area contributed by atoms with Gasteiger partial charge in [0.1, 0.15) is 5.82 Å². The number of rotatable bonds is 9. The first-order chi connectivity index (χ1) is 14.0. The summed E-state index contributed by atoms with van der Waals surface area (Å²) in [6.45, 7) is 4.60. The van der Waals surface area contributed by atoms with Crippen LogP contribution in [0.3, 0.4) is 0 Å².